The Kier molecular flexibility index (Phi) is 22.2. The van der Waals surface area contributed by atoms with Gasteiger partial charge in [-0.3, -0.25) is 67.3 Å². The van der Waals surface area contributed by atoms with E-state index >= 15 is 0 Å². The SMILES string of the molecule is CC[C@H](C)[C@@H]1NC(=O)CNC(=O)[C@@H]2CC(=O)[C@H]([C@@H](C)[C@@H](O)CO)NC(=O)[C@@H]3C[C@@H](O)CN3C(=O)[C@H](CC(N)=O)CC(=O)[C@H](CSc3[nH]c4c(CN5CCN(C(=O)CCCCCN6C(=O)C=CC6=O)CC5)c(O)ccc4c3C2)NC(=O)CNC1=O. The number of unbranched alkanes of at least 4 members (excludes halogenated alkanes) is 2. The van der Waals surface area contributed by atoms with Crippen LogP contribution in [0.15, 0.2) is 29.3 Å². The van der Waals surface area contributed by atoms with Crippen LogP contribution < -0.4 is 32.3 Å². The predicted octanol–water partition coefficient (Wildman–Crippen LogP) is -2.62. The minimum atomic E-state index is -1.65. The van der Waals surface area contributed by atoms with Crippen molar-refractivity contribution in [3.63, 3.8) is 0 Å². The lowest BCUT2D eigenvalue weighted by Crippen LogP contribution is -2.56. The highest BCUT2D eigenvalue weighted by atomic mass is 32.2. The van der Waals surface area contributed by atoms with Crippen LogP contribution in [0, 0.1) is 23.7 Å². The Bertz CT molecular complexity index is 2890. The number of amides is 10. The monoisotopic (exact) mass is 1190 g/mol. The minimum absolute atomic E-state index is 0.0562. The number of hydrogen-bond donors (Lipinski definition) is 11. The molecule has 1 aromatic heterocycles. The van der Waals surface area contributed by atoms with Crippen molar-refractivity contribution in [2.75, 3.05) is 64.7 Å². The summed E-state index contributed by atoms with van der Waals surface area (Å²) in [5.41, 5.74) is 6.81. The molecule has 7 rings (SSSR count). The van der Waals surface area contributed by atoms with Crippen molar-refractivity contribution in [2.45, 2.75) is 133 Å². The molecule has 10 atom stereocenters. The topological polar surface area (TPSA) is 401 Å². The molecule has 2 aromatic rings. The van der Waals surface area contributed by atoms with Gasteiger partial charge >= 0.3 is 0 Å². The minimum Gasteiger partial charge on any atom is -0.508 e. The number of nitrogens with zero attached hydrogens (tertiary/aromatic N) is 4. The van der Waals surface area contributed by atoms with Gasteiger partial charge in [0, 0.05) is 119 Å². The quantitative estimate of drug-likeness (QED) is 0.0642. The third kappa shape index (κ3) is 15.9. The maximum Gasteiger partial charge on any atom is 0.253 e. The number of carbonyl (C=O) groups is 12. The van der Waals surface area contributed by atoms with E-state index in [9.17, 15) is 78.0 Å². The summed E-state index contributed by atoms with van der Waals surface area (Å²) in [6.45, 7) is 4.10. The van der Waals surface area contributed by atoms with E-state index in [-0.39, 0.29) is 66.6 Å². The maximum absolute atomic E-state index is 15.0. The van der Waals surface area contributed by atoms with Crippen LogP contribution in [-0.4, -0.2) is 217 Å². The number of benzene rings is 1. The second kappa shape index (κ2) is 29.0. The molecule has 2 saturated heterocycles. The molecule has 84 heavy (non-hydrogen) atoms. The molecule has 0 unspecified atom stereocenters. The molecule has 2 bridgehead atoms. The second-order valence-electron chi connectivity index (χ2n) is 22.4. The number of aliphatic hydroxyl groups excluding tert-OH is 3. The van der Waals surface area contributed by atoms with Gasteiger partial charge in [-0.25, -0.2) is 0 Å². The zero-order valence-electron chi connectivity index (χ0n) is 47.4. The summed E-state index contributed by atoms with van der Waals surface area (Å²) in [6, 6.07) is -2.80. The van der Waals surface area contributed by atoms with Gasteiger partial charge in [0.2, 0.25) is 47.3 Å². The van der Waals surface area contributed by atoms with E-state index < -0.39 is 158 Å². The summed E-state index contributed by atoms with van der Waals surface area (Å²) in [5, 5.41) is 57.3. The molecular weight excluding hydrogens is 1110 g/mol. The average Bonchev–Trinajstić information content (AvgIpc) is 3.81. The third-order valence-electron chi connectivity index (χ3n) is 16.5. The van der Waals surface area contributed by atoms with Gasteiger partial charge in [-0.2, -0.15) is 0 Å². The number of hydrogen-bond acceptors (Lipinski definition) is 18. The van der Waals surface area contributed by atoms with Crippen molar-refractivity contribution < 1.29 is 78.0 Å². The number of nitrogens with one attached hydrogen (secondary N) is 6. The molecular formula is C56H77N11O16S. The number of thioether (sulfide) groups is 1. The number of aromatic nitrogens is 1. The van der Waals surface area contributed by atoms with Gasteiger partial charge < -0.3 is 67.5 Å². The molecule has 5 aliphatic heterocycles. The van der Waals surface area contributed by atoms with E-state index in [1.54, 1.807) is 24.8 Å². The highest BCUT2D eigenvalue weighted by Gasteiger charge is 2.45. The van der Waals surface area contributed by atoms with E-state index in [1.807, 2.05) is 4.90 Å². The number of fused-ring (bicyclic) bond motifs is 5. The first-order chi connectivity index (χ1) is 40.0. The fourth-order valence-corrected chi connectivity index (χ4v) is 12.5. The molecule has 0 aliphatic carbocycles. The highest BCUT2D eigenvalue weighted by Crippen LogP contribution is 2.38. The van der Waals surface area contributed by atoms with Crippen molar-refractivity contribution in [3.8, 4) is 5.75 Å². The van der Waals surface area contributed by atoms with Gasteiger partial charge in [0.25, 0.3) is 11.8 Å². The molecule has 28 heteroatoms. The van der Waals surface area contributed by atoms with Crippen molar-refractivity contribution in [1.29, 1.82) is 0 Å². The van der Waals surface area contributed by atoms with Crippen molar-refractivity contribution in [2.24, 2.45) is 29.4 Å². The van der Waals surface area contributed by atoms with Gasteiger partial charge in [-0.05, 0) is 42.9 Å². The number of aliphatic hydroxyl groups is 3. The van der Waals surface area contributed by atoms with Crippen molar-refractivity contribution >= 4 is 93.3 Å². The van der Waals surface area contributed by atoms with Gasteiger partial charge in [0.05, 0.1) is 60.4 Å². The van der Waals surface area contributed by atoms with Crippen molar-refractivity contribution in [1.82, 2.24) is 51.2 Å². The molecule has 5 aliphatic rings. The molecule has 0 radical (unpaired) electrons. The Morgan fingerprint density at radius 2 is 1.49 bits per heavy atom. The summed E-state index contributed by atoms with van der Waals surface area (Å²) in [4.78, 5) is 174. The second-order valence-corrected chi connectivity index (χ2v) is 23.5. The Morgan fingerprint density at radius 1 is 0.810 bits per heavy atom. The number of H-pyrrole nitrogens is 1. The van der Waals surface area contributed by atoms with E-state index in [0.717, 1.165) is 21.6 Å². The normalized spacial score (nSPS) is 26.0. The molecule has 458 valence electrons. The first-order valence-electron chi connectivity index (χ1n) is 28.6. The summed E-state index contributed by atoms with van der Waals surface area (Å²) < 4.78 is 0. The van der Waals surface area contributed by atoms with E-state index in [0.29, 0.717) is 73.9 Å². The summed E-state index contributed by atoms with van der Waals surface area (Å²) in [7, 11) is 0. The number of carbonyl (C=O) groups excluding carboxylic acids is 12. The lowest BCUT2D eigenvalue weighted by molar-refractivity contribution is -0.145. The standard InChI is InChI=1S/C56H77N11O16S/c1-4-29(2)49-54(82)59-23-44(75)60-37-28-84-55-35(34-9-10-39(70)36(51(34)63-55)26-64-14-16-65(17-15-64)46(77)8-6-5-7-13-66-47(78)11-12-48(66)79)18-31(52(80)58-24-45(76)61-49)19-41(72)50(30(3)42(73)27-68)62-53(81)38-22-33(69)25-67(38)56(83)32(20-40(37)71)21-43(57)74/h9-12,29-33,37-38,42,49-50,63,68-70,73H,4-8,13-28H2,1-3H3,(H2,57,74)(H,58,80)(H,59,82)(H,60,75)(H,61,76)(H,62,81)/t29-,30-,31-,32-,33+,37-,38-,42-,49-,50-/m0/s1. The summed E-state index contributed by atoms with van der Waals surface area (Å²) >= 11 is 0.998. The smallest absolute Gasteiger partial charge is 0.253 e. The van der Waals surface area contributed by atoms with Crippen LogP contribution in [0.4, 0.5) is 0 Å². The number of Topliss-reactive ketones (excluding diaryl/α,β-unsaturated/α-hetero) is 2. The number of piperazine rings is 1. The molecule has 6 heterocycles. The number of phenols is 1. The molecule has 2 fully saturated rings. The number of rotatable bonds is 15. The van der Waals surface area contributed by atoms with Gasteiger partial charge in [-0.1, -0.05) is 33.6 Å². The van der Waals surface area contributed by atoms with Gasteiger partial charge in [0.1, 0.15) is 17.8 Å². The first-order valence-corrected chi connectivity index (χ1v) is 29.5. The van der Waals surface area contributed by atoms with Crippen LogP contribution in [-0.2, 0) is 70.5 Å². The summed E-state index contributed by atoms with van der Waals surface area (Å²) in [5.74, 6) is -13.6. The maximum atomic E-state index is 15.0. The Hall–Kier alpha value is -7.27. The van der Waals surface area contributed by atoms with E-state index in [1.165, 1.54) is 25.1 Å². The molecule has 0 saturated carbocycles. The highest BCUT2D eigenvalue weighted by molar-refractivity contribution is 7.99. The molecule has 12 N–H and O–H groups in total. The molecule has 1 aromatic carbocycles. The Labute approximate surface area is 488 Å². The third-order valence-corrected chi connectivity index (χ3v) is 17.7. The fourth-order valence-electron chi connectivity index (χ4n) is 11.3. The fraction of sp³-hybridized carbons (Fsp3) is 0.607. The Morgan fingerprint density at radius 3 is 2.15 bits per heavy atom. The van der Waals surface area contributed by atoms with Gasteiger partial charge in [-0.15, -0.1) is 11.8 Å². The lowest BCUT2D eigenvalue weighted by Gasteiger charge is -2.35. The molecule has 27 nitrogen and oxygen atoms in total. The first kappa shape index (κ1) is 64.3. The van der Waals surface area contributed by atoms with E-state index in [2.05, 4.69) is 31.6 Å². The average molecular weight is 1190 g/mol. The van der Waals surface area contributed by atoms with Crippen molar-refractivity contribution in [3.05, 3.63) is 35.4 Å². The number of primary amides is 1. The summed E-state index contributed by atoms with van der Waals surface area (Å²) in [6.07, 6.45) is -0.828. The molecule has 0 spiro atoms. The number of aromatic hydroxyl groups is 1. The van der Waals surface area contributed by atoms with Crippen LogP contribution in [0.3, 0.4) is 0 Å². The number of phenolic OH excluding ortho intramolecular Hbond substituents is 1. The van der Waals surface area contributed by atoms with Crippen LogP contribution in [0.2, 0.25) is 0 Å². The Balaban J connectivity index is 1.27. The zero-order valence-corrected chi connectivity index (χ0v) is 48.2. The lowest BCUT2D eigenvalue weighted by atomic mass is 9.85. The largest absolute Gasteiger partial charge is 0.508 e. The van der Waals surface area contributed by atoms with Gasteiger partial charge in [0.15, 0.2) is 11.6 Å². The predicted molar refractivity (Wildman–Crippen MR) is 300 cm³/mol. The van der Waals surface area contributed by atoms with Crippen LogP contribution in [0.1, 0.15) is 89.7 Å². The number of aromatic amines is 1. The van der Waals surface area contributed by atoms with Crippen LogP contribution in [0.25, 0.3) is 10.9 Å². The van der Waals surface area contributed by atoms with E-state index in [4.69, 9.17) is 5.73 Å². The number of ketones is 2. The van der Waals surface area contributed by atoms with Crippen LogP contribution in [0.5, 0.6) is 5.75 Å². The number of nitrogens with two attached hydrogens (primary N) is 1. The number of imide groups is 1. The molecule has 10 amide bonds. The zero-order chi connectivity index (χ0) is 61.1. The van der Waals surface area contributed by atoms with Crippen LogP contribution >= 0.6 is 11.8 Å².